The third-order valence-corrected chi connectivity index (χ3v) is 4.73. The SMILES string of the molecule is Cc1nc2ccc(NC(=O)C(=O)NCc3nc4ccccc4s3)cc2o1. The molecule has 4 rings (SSSR count). The maximum absolute atomic E-state index is 12.1. The molecule has 0 unspecified atom stereocenters. The highest BCUT2D eigenvalue weighted by Crippen LogP contribution is 2.21. The molecule has 0 saturated carbocycles. The Balaban J connectivity index is 1.39. The van der Waals surface area contributed by atoms with E-state index in [4.69, 9.17) is 4.42 Å². The second-order valence-electron chi connectivity index (χ2n) is 5.63. The first-order valence-corrected chi connectivity index (χ1v) is 8.71. The molecule has 8 heteroatoms. The van der Waals surface area contributed by atoms with E-state index >= 15 is 0 Å². The molecule has 2 aromatic carbocycles. The molecular weight excluding hydrogens is 352 g/mol. The van der Waals surface area contributed by atoms with Gasteiger partial charge < -0.3 is 15.1 Å². The van der Waals surface area contributed by atoms with E-state index in [1.165, 1.54) is 11.3 Å². The number of para-hydroxylation sites is 1. The maximum Gasteiger partial charge on any atom is 0.313 e. The molecule has 2 heterocycles. The predicted octanol–water partition coefficient (Wildman–Crippen LogP) is 3.00. The first kappa shape index (κ1) is 16.2. The van der Waals surface area contributed by atoms with Crippen molar-refractivity contribution in [3.63, 3.8) is 0 Å². The molecule has 0 aliphatic carbocycles. The first-order chi connectivity index (χ1) is 12.6. The quantitative estimate of drug-likeness (QED) is 0.543. The number of thiazole rings is 1. The number of aromatic nitrogens is 2. The number of carbonyl (C=O) groups is 2. The Bertz CT molecular complexity index is 1100. The van der Waals surface area contributed by atoms with Crippen LogP contribution in [0.3, 0.4) is 0 Å². The van der Waals surface area contributed by atoms with Gasteiger partial charge in [0, 0.05) is 18.7 Å². The summed E-state index contributed by atoms with van der Waals surface area (Å²) in [6.07, 6.45) is 0. The minimum Gasteiger partial charge on any atom is -0.441 e. The lowest BCUT2D eigenvalue weighted by Crippen LogP contribution is -2.34. The molecule has 2 N–H and O–H groups in total. The van der Waals surface area contributed by atoms with Crippen LogP contribution in [0.2, 0.25) is 0 Å². The van der Waals surface area contributed by atoms with Gasteiger partial charge in [-0.15, -0.1) is 11.3 Å². The van der Waals surface area contributed by atoms with Gasteiger partial charge in [-0.25, -0.2) is 9.97 Å². The zero-order valence-corrected chi connectivity index (χ0v) is 14.6. The molecule has 0 aliphatic heterocycles. The van der Waals surface area contributed by atoms with Crippen molar-refractivity contribution in [1.82, 2.24) is 15.3 Å². The molecule has 0 radical (unpaired) electrons. The van der Waals surface area contributed by atoms with Gasteiger partial charge in [0.25, 0.3) is 0 Å². The van der Waals surface area contributed by atoms with Crippen molar-refractivity contribution in [2.75, 3.05) is 5.32 Å². The van der Waals surface area contributed by atoms with E-state index < -0.39 is 11.8 Å². The van der Waals surface area contributed by atoms with Crippen LogP contribution in [0.15, 0.2) is 46.9 Å². The van der Waals surface area contributed by atoms with Crippen molar-refractivity contribution < 1.29 is 14.0 Å². The van der Waals surface area contributed by atoms with Crippen LogP contribution < -0.4 is 10.6 Å². The van der Waals surface area contributed by atoms with Crippen LogP contribution in [-0.4, -0.2) is 21.8 Å². The number of hydrogen-bond donors (Lipinski definition) is 2. The van der Waals surface area contributed by atoms with Crippen molar-refractivity contribution in [1.29, 1.82) is 0 Å². The third kappa shape index (κ3) is 3.27. The standard InChI is InChI=1S/C18H14N4O3S/c1-10-20-12-7-6-11(8-14(12)25-10)21-18(24)17(23)19-9-16-22-13-4-2-3-5-15(13)26-16/h2-8H,9H2,1H3,(H,19,23)(H,21,24). The van der Waals surface area contributed by atoms with Crippen molar-refractivity contribution >= 4 is 50.2 Å². The van der Waals surface area contributed by atoms with Gasteiger partial charge in [-0.1, -0.05) is 12.1 Å². The number of amides is 2. The molecule has 0 fully saturated rings. The number of aryl methyl sites for hydroxylation is 1. The number of nitrogens with zero attached hydrogens (tertiary/aromatic N) is 2. The number of benzene rings is 2. The fourth-order valence-corrected chi connectivity index (χ4v) is 3.44. The number of nitrogens with one attached hydrogen (secondary N) is 2. The van der Waals surface area contributed by atoms with E-state index in [0.717, 1.165) is 15.2 Å². The minimum atomic E-state index is -0.748. The van der Waals surface area contributed by atoms with Gasteiger partial charge >= 0.3 is 11.8 Å². The number of anilines is 1. The molecule has 0 spiro atoms. The normalized spacial score (nSPS) is 11.0. The Labute approximate surface area is 152 Å². The van der Waals surface area contributed by atoms with Crippen LogP contribution >= 0.6 is 11.3 Å². The van der Waals surface area contributed by atoms with Crippen LogP contribution in [-0.2, 0) is 16.1 Å². The lowest BCUT2D eigenvalue weighted by Gasteiger charge is -2.05. The molecule has 26 heavy (non-hydrogen) atoms. The Hall–Kier alpha value is -3.26. The van der Waals surface area contributed by atoms with E-state index in [-0.39, 0.29) is 6.54 Å². The molecule has 7 nitrogen and oxygen atoms in total. The average Bonchev–Trinajstić information content (AvgIpc) is 3.20. The fraction of sp³-hybridized carbons (Fsp3) is 0.111. The molecule has 0 atom stereocenters. The number of oxazole rings is 1. The number of hydrogen-bond acceptors (Lipinski definition) is 6. The van der Waals surface area contributed by atoms with E-state index in [9.17, 15) is 9.59 Å². The summed E-state index contributed by atoms with van der Waals surface area (Å²) in [6, 6.07) is 12.7. The molecule has 2 aromatic heterocycles. The van der Waals surface area contributed by atoms with Crippen LogP contribution in [0, 0.1) is 6.92 Å². The summed E-state index contributed by atoms with van der Waals surface area (Å²) in [7, 11) is 0. The summed E-state index contributed by atoms with van der Waals surface area (Å²) in [5.41, 5.74) is 2.59. The number of rotatable bonds is 3. The summed E-state index contributed by atoms with van der Waals surface area (Å²) < 4.78 is 6.45. The van der Waals surface area contributed by atoms with Crippen molar-refractivity contribution in [3.05, 3.63) is 53.4 Å². The Morgan fingerprint density at radius 2 is 1.92 bits per heavy atom. The van der Waals surface area contributed by atoms with Gasteiger partial charge in [0.15, 0.2) is 11.5 Å². The Kier molecular flexibility index (Phi) is 4.10. The summed E-state index contributed by atoms with van der Waals surface area (Å²) >= 11 is 1.48. The van der Waals surface area contributed by atoms with Gasteiger partial charge in [0.2, 0.25) is 0 Å². The highest BCUT2D eigenvalue weighted by atomic mass is 32.1. The van der Waals surface area contributed by atoms with E-state index in [1.54, 1.807) is 25.1 Å². The second kappa shape index (κ2) is 6.57. The highest BCUT2D eigenvalue weighted by molar-refractivity contribution is 7.18. The molecular formula is C18H14N4O3S. The number of fused-ring (bicyclic) bond motifs is 2. The molecule has 4 aromatic rings. The van der Waals surface area contributed by atoms with E-state index in [2.05, 4.69) is 20.6 Å². The lowest BCUT2D eigenvalue weighted by atomic mass is 10.3. The second-order valence-corrected chi connectivity index (χ2v) is 6.74. The zero-order valence-electron chi connectivity index (χ0n) is 13.8. The van der Waals surface area contributed by atoms with Crippen molar-refractivity contribution in [3.8, 4) is 0 Å². The Morgan fingerprint density at radius 3 is 2.77 bits per heavy atom. The van der Waals surface area contributed by atoms with E-state index in [1.807, 2.05) is 24.3 Å². The zero-order chi connectivity index (χ0) is 18.1. The van der Waals surface area contributed by atoms with Gasteiger partial charge in [0.05, 0.1) is 16.8 Å². The van der Waals surface area contributed by atoms with Crippen LogP contribution in [0.4, 0.5) is 5.69 Å². The fourth-order valence-electron chi connectivity index (χ4n) is 2.54. The molecule has 0 aliphatic rings. The third-order valence-electron chi connectivity index (χ3n) is 3.70. The lowest BCUT2D eigenvalue weighted by molar-refractivity contribution is -0.136. The minimum absolute atomic E-state index is 0.200. The maximum atomic E-state index is 12.1. The highest BCUT2D eigenvalue weighted by Gasteiger charge is 2.15. The van der Waals surface area contributed by atoms with Crippen molar-refractivity contribution in [2.24, 2.45) is 0 Å². The number of carbonyl (C=O) groups excluding carboxylic acids is 2. The molecule has 130 valence electrons. The van der Waals surface area contributed by atoms with Crippen LogP contribution in [0.25, 0.3) is 21.3 Å². The van der Waals surface area contributed by atoms with Gasteiger partial charge in [-0.2, -0.15) is 0 Å². The first-order valence-electron chi connectivity index (χ1n) is 7.89. The van der Waals surface area contributed by atoms with Crippen molar-refractivity contribution in [2.45, 2.75) is 13.5 Å². The molecule has 0 bridgehead atoms. The average molecular weight is 366 g/mol. The topological polar surface area (TPSA) is 97.1 Å². The summed E-state index contributed by atoms with van der Waals surface area (Å²) in [4.78, 5) is 32.7. The Morgan fingerprint density at radius 1 is 1.08 bits per heavy atom. The smallest absolute Gasteiger partial charge is 0.313 e. The van der Waals surface area contributed by atoms with Crippen LogP contribution in [0.5, 0.6) is 0 Å². The summed E-state index contributed by atoms with van der Waals surface area (Å²) in [5, 5.41) is 5.87. The molecule has 2 amide bonds. The summed E-state index contributed by atoms with van der Waals surface area (Å²) in [6.45, 7) is 1.94. The monoisotopic (exact) mass is 366 g/mol. The van der Waals surface area contributed by atoms with Gasteiger partial charge in [-0.05, 0) is 24.3 Å². The predicted molar refractivity (Wildman–Crippen MR) is 98.8 cm³/mol. The van der Waals surface area contributed by atoms with Gasteiger partial charge in [0.1, 0.15) is 10.5 Å². The van der Waals surface area contributed by atoms with Crippen LogP contribution in [0.1, 0.15) is 10.9 Å². The van der Waals surface area contributed by atoms with Gasteiger partial charge in [-0.3, -0.25) is 9.59 Å². The molecule has 0 saturated heterocycles. The largest absolute Gasteiger partial charge is 0.441 e. The summed E-state index contributed by atoms with van der Waals surface area (Å²) in [5.74, 6) is -0.933. The van der Waals surface area contributed by atoms with E-state index in [0.29, 0.717) is 22.7 Å².